The van der Waals surface area contributed by atoms with Crippen LogP contribution in [0.1, 0.15) is 109 Å². The number of benzene rings is 2. The number of rotatable bonds is 8. The Kier molecular flexibility index (Phi) is 10.3. The number of halogens is 1. The Labute approximate surface area is 332 Å². The number of nitrogens with zero attached hydrogens (tertiary/aromatic N) is 6. The molecule has 1 aliphatic carbocycles. The first kappa shape index (κ1) is 38.6. The molecular weight excluding hydrogens is 748 g/mol. The van der Waals surface area contributed by atoms with Crippen molar-refractivity contribution >= 4 is 56.0 Å². The number of anilines is 1. The summed E-state index contributed by atoms with van der Waals surface area (Å²) in [5, 5.41) is 26.6. The average molecular weight is 793 g/mol. The number of aromatic nitrogens is 4. The highest BCUT2D eigenvalue weighted by atomic mass is 32.1. The molecule has 3 aliphatic rings. The number of amides is 3. The van der Waals surface area contributed by atoms with Gasteiger partial charge in [0.2, 0.25) is 11.8 Å². The number of alkyl halides is 1. The Hall–Kier alpha value is -5.30. The van der Waals surface area contributed by atoms with Gasteiger partial charge in [-0.2, -0.15) is 5.26 Å². The number of pyridine rings is 1. The maximum absolute atomic E-state index is 16.2. The summed E-state index contributed by atoms with van der Waals surface area (Å²) >= 11 is 1.60. The molecule has 3 atom stereocenters. The summed E-state index contributed by atoms with van der Waals surface area (Å²) in [6.45, 7) is 5.19. The summed E-state index contributed by atoms with van der Waals surface area (Å²) in [6, 6.07) is 11.9. The van der Waals surface area contributed by atoms with E-state index >= 15 is 4.39 Å². The Bertz CT molecular complexity index is 2510. The molecule has 1 saturated carbocycles. The molecule has 296 valence electrons. The molecule has 0 bridgehead atoms. The van der Waals surface area contributed by atoms with Crippen LogP contribution in [0, 0.1) is 17.2 Å². The number of carbonyl (C=O) groups excluding carboxylic acids is 3. The van der Waals surface area contributed by atoms with Crippen LogP contribution in [-0.2, 0) is 22.2 Å². The number of aliphatic hydroxyl groups is 1. The minimum atomic E-state index is -1.26. The second-order valence-electron chi connectivity index (χ2n) is 16.3. The lowest BCUT2D eigenvalue weighted by Crippen LogP contribution is -2.44. The Morgan fingerprint density at radius 1 is 1.11 bits per heavy atom. The molecule has 0 radical (unpaired) electrons. The van der Waals surface area contributed by atoms with E-state index in [9.17, 15) is 29.5 Å². The van der Waals surface area contributed by atoms with E-state index in [1.807, 2.05) is 30.3 Å². The molecule has 3 aromatic heterocycles. The lowest BCUT2D eigenvalue weighted by Gasteiger charge is -2.38. The molecule has 8 rings (SSSR count). The minimum Gasteiger partial charge on any atom is -0.386 e. The number of imide groups is 1. The quantitative estimate of drug-likeness (QED) is 0.165. The number of thiazole rings is 1. The zero-order valence-electron chi connectivity index (χ0n) is 32.1. The maximum atomic E-state index is 16.2. The fraction of sp³-hybridized carbons (Fsp3) is 0.452. The van der Waals surface area contributed by atoms with Crippen LogP contribution in [0.2, 0.25) is 0 Å². The van der Waals surface area contributed by atoms with Crippen LogP contribution in [0.25, 0.3) is 21.3 Å². The van der Waals surface area contributed by atoms with Crippen LogP contribution in [0.4, 0.5) is 10.1 Å². The Balaban J connectivity index is 0.913. The van der Waals surface area contributed by atoms with Gasteiger partial charge in [-0.1, -0.05) is 12.1 Å². The number of nitriles is 1. The molecule has 57 heavy (non-hydrogen) atoms. The standard InChI is InChI=1S/C42H45FN8O5S/c1-42(2,56)29-16-32-35(17-31(29)46-38(53)26-15-24(18-44)19-45-20-26)57-40(47-32)25-9-7-23(8-10-25)21-50-14-13-27(30(43)22-50)28-5-4-6-33-37(28)49(3)41(55)51(33)34-11-12-36(52)48-39(34)54/h4-6,15-17,19-20,23,25,27,30,34,56H,7-14,21-22H2,1-3H3,(H,46,53)(H,48,52,54)/t23?,25?,27-,30+,34-/m0/s1. The number of fused-ring (bicyclic) bond motifs is 2. The summed E-state index contributed by atoms with van der Waals surface area (Å²) in [7, 11) is 1.66. The number of carbonyl (C=O) groups is 3. The van der Waals surface area contributed by atoms with Crippen LogP contribution < -0.4 is 16.3 Å². The predicted molar refractivity (Wildman–Crippen MR) is 214 cm³/mol. The maximum Gasteiger partial charge on any atom is 0.329 e. The zero-order valence-corrected chi connectivity index (χ0v) is 32.9. The molecule has 3 N–H and O–H groups in total. The van der Waals surface area contributed by atoms with E-state index < -0.39 is 29.6 Å². The van der Waals surface area contributed by atoms with Gasteiger partial charge in [-0.25, -0.2) is 14.2 Å². The van der Waals surface area contributed by atoms with Gasteiger partial charge in [-0.15, -0.1) is 11.3 Å². The second-order valence-corrected chi connectivity index (χ2v) is 17.3. The number of hydrogen-bond acceptors (Lipinski definition) is 10. The first-order valence-corrected chi connectivity index (χ1v) is 20.3. The normalized spacial score (nSPS) is 23.4. The molecule has 3 fully saturated rings. The van der Waals surface area contributed by atoms with Crippen molar-refractivity contribution < 1.29 is 23.9 Å². The molecule has 5 aromatic rings. The van der Waals surface area contributed by atoms with Gasteiger partial charge >= 0.3 is 5.69 Å². The summed E-state index contributed by atoms with van der Waals surface area (Å²) in [5.74, 6) is -0.943. The molecule has 2 saturated heterocycles. The van der Waals surface area contributed by atoms with Crippen molar-refractivity contribution in [3.05, 3.63) is 86.5 Å². The highest BCUT2D eigenvalue weighted by Crippen LogP contribution is 2.42. The predicted octanol–water partition coefficient (Wildman–Crippen LogP) is 5.78. The van der Waals surface area contributed by atoms with E-state index in [2.05, 4.69) is 20.5 Å². The zero-order chi connectivity index (χ0) is 40.2. The second kappa shape index (κ2) is 15.2. The molecule has 2 aromatic carbocycles. The summed E-state index contributed by atoms with van der Waals surface area (Å²) < 4.78 is 20.0. The highest BCUT2D eigenvalue weighted by molar-refractivity contribution is 7.18. The van der Waals surface area contributed by atoms with Crippen LogP contribution >= 0.6 is 11.3 Å². The largest absolute Gasteiger partial charge is 0.386 e. The molecule has 13 nitrogen and oxygen atoms in total. The fourth-order valence-electron chi connectivity index (χ4n) is 9.03. The lowest BCUT2D eigenvalue weighted by atomic mass is 9.81. The molecular formula is C42H45FN8O5S. The van der Waals surface area contributed by atoms with Gasteiger partial charge < -0.3 is 15.3 Å². The number of piperidine rings is 2. The van der Waals surface area contributed by atoms with Crippen molar-refractivity contribution in [1.29, 1.82) is 5.26 Å². The van der Waals surface area contributed by atoms with E-state index in [4.69, 9.17) is 4.98 Å². The number of para-hydroxylation sites is 1. The molecule has 0 spiro atoms. The van der Waals surface area contributed by atoms with Crippen LogP contribution in [-0.4, -0.2) is 72.6 Å². The van der Waals surface area contributed by atoms with Crippen molar-refractivity contribution in [3.63, 3.8) is 0 Å². The smallest absolute Gasteiger partial charge is 0.329 e. The molecule has 3 amide bonds. The van der Waals surface area contributed by atoms with Gasteiger partial charge in [0.15, 0.2) is 0 Å². The number of hydrogen-bond donors (Lipinski definition) is 3. The van der Waals surface area contributed by atoms with E-state index in [0.717, 1.165) is 59.6 Å². The van der Waals surface area contributed by atoms with E-state index in [-0.39, 0.29) is 47.4 Å². The minimum absolute atomic E-state index is 0.156. The topological polar surface area (TPSA) is 175 Å². The molecule has 2 aliphatic heterocycles. The SMILES string of the molecule is Cn1c(=O)n([C@H]2CCC(=O)NC2=O)c2cccc([C@@H]3CCN(CC4CCC(c5nc6cc(C(C)(C)O)c(NC(=O)c7cncc(C#N)c7)cc6s5)CC4)C[C@H]3F)c21. The number of nitrogens with one attached hydrogen (secondary N) is 2. The summed E-state index contributed by atoms with van der Waals surface area (Å²) in [5.41, 5.74) is 2.68. The molecule has 5 heterocycles. The van der Waals surface area contributed by atoms with Gasteiger partial charge in [0.25, 0.3) is 5.91 Å². The third kappa shape index (κ3) is 7.49. The lowest BCUT2D eigenvalue weighted by molar-refractivity contribution is -0.135. The first-order valence-electron chi connectivity index (χ1n) is 19.5. The number of aryl methyl sites for hydroxylation is 1. The monoisotopic (exact) mass is 792 g/mol. The molecule has 15 heteroatoms. The van der Waals surface area contributed by atoms with Gasteiger partial charge in [-0.3, -0.25) is 33.8 Å². The third-order valence-electron chi connectivity index (χ3n) is 12.0. The van der Waals surface area contributed by atoms with E-state index in [1.165, 1.54) is 27.6 Å². The van der Waals surface area contributed by atoms with Gasteiger partial charge in [0.05, 0.1) is 43.0 Å². The Morgan fingerprint density at radius 2 is 1.89 bits per heavy atom. The third-order valence-corrected chi connectivity index (χ3v) is 13.2. The first-order chi connectivity index (χ1) is 27.3. The van der Waals surface area contributed by atoms with Crippen LogP contribution in [0.15, 0.2) is 53.6 Å². The van der Waals surface area contributed by atoms with Gasteiger partial charge in [0, 0.05) is 62.0 Å². The summed E-state index contributed by atoms with van der Waals surface area (Å²) in [4.78, 5) is 62.3. The van der Waals surface area contributed by atoms with Crippen LogP contribution in [0.3, 0.4) is 0 Å². The van der Waals surface area contributed by atoms with Crippen molar-refractivity contribution in [2.45, 2.75) is 88.4 Å². The summed E-state index contributed by atoms with van der Waals surface area (Å²) in [6.07, 6.45) is 6.60. The van der Waals surface area contributed by atoms with E-state index in [1.54, 1.807) is 38.3 Å². The van der Waals surface area contributed by atoms with Gasteiger partial charge in [0.1, 0.15) is 18.3 Å². The molecule has 0 unspecified atom stereocenters. The van der Waals surface area contributed by atoms with Crippen molar-refractivity contribution in [3.8, 4) is 6.07 Å². The van der Waals surface area contributed by atoms with Crippen molar-refractivity contribution in [2.24, 2.45) is 13.0 Å². The Morgan fingerprint density at radius 3 is 2.61 bits per heavy atom. The van der Waals surface area contributed by atoms with E-state index in [0.29, 0.717) is 41.2 Å². The number of likely N-dealkylation sites (tertiary alicyclic amines) is 1. The number of imidazole rings is 1. The van der Waals surface area contributed by atoms with Crippen molar-refractivity contribution in [2.75, 3.05) is 25.0 Å². The average Bonchev–Trinajstić information content (AvgIpc) is 3.72. The van der Waals surface area contributed by atoms with Crippen LogP contribution in [0.5, 0.6) is 0 Å². The highest BCUT2D eigenvalue weighted by Gasteiger charge is 2.36. The fourth-order valence-corrected chi connectivity index (χ4v) is 10.2. The van der Waals surface area contributed by atoms with Gasteiger partial charge in [-0.05, 0) is 94.7 Å². The van der Waals surface area contributed by atoms with Crippen molar-refractivity contribution in [1.82, 2.24) is 29.3 Å².